The van der Waals surface area contributed by atoms with Crippen LogP contribution in [0.15, 0.2) is 66.7 Å². The van der Waals surface area contributed by atoms with E-state index in [4.69, 9.17) is 4.74 Å². The molecule has 104 valence electrons. The Balaban J connectivity index is 1.79. The van der Waals surface area contributed by atoms with E-state index in [2.05, 4.69) is 0 Å². The van der Waals surface area contributed by atoms with E-state index in [-0.39, 0.29) is 12.4 Å². The quantitative estimate of drug-likeness (QED) is 0.739. The lowest BCUT2D eigenvalue weighted by Crippen LogP contribution is -2.05. The van der Waals surface area contributed by atoms with Crippen LogP contribution in [0.25, 0.3) is 10.8 Å². The van der Waals surface area contributed by atoms with E-state index in [9.17, 15) is 9.90 Å². The average Bonchev–Trinajstić information content (AvgIpc) is 2.53. The van der Waals surface area contributed by atoms with Crippen LogP contribution in [0, 0.1) is 0 Å². The number of fused-ring (bicyclic) bond motifs is 1. The molecule has 0 radical (unpaired) electrons. The molecule has 0 aliphatic heterocycles. The van der Waals surface area contributed by atoms with Crippen LogP contribution >= 0.6 is 0 Å². The number of hydrogen-bond donors (Lipinski definition) is 1. The lowest BCUT2D eigenvalue weighted by molar-refractivity contribution is 0.0470. The van der Waals surface area contributed by atoms with Crippen LogP contribution in [-0.4, -0.2) is 11.1 Å². The third kappa shape index (κ3) is 2.87. The fourth-order valence-corrected chi connectivity index (χ4v) is 2.19. The topological polar surface area (TPSA) is 46.5 Å². The third-order valence-corrected chi connectivity index (χ3v) is 3.32. The lowest BCUT2D eigenvalue weighted by Gasteiger charge is -2.08. The summed E-state index contributed by atoms with van der Waals surface area (Å²) in [5, 5.41) is 12.0. The van der Waals surface area contributed by atoms with Gasteiger partial charge in [0.2, 0.25) is 0 Å². The van der Waals surface area contributed by atoms with Crippen LogP contribution in [0.5, 0.6) is 5.75 Å². The molecule has 0 amide bonds. The average molecular weight is 278 g/mol. The minimum Gasteiger partial charge on any atom is -0.508 e. The van der Waals surface area contributed by atoms with E-state index in [1.807, 2.05) is 36.4 Å². The van der Waals surface area contributed by atoms with Crippen LogP contribution in [0.4, 0.5) is 0 Å². The van der Waals surface area contributed by atoms with Crippen molar-refractivity contribution in [2.45, 2.75) is 6.61 Å². The monoisotopic (exact) mass is 278 g/mol. The number of phenolic OH excluding ortho intramolecular Hbond substituents is 1. The number of ether oxygens (including phenoxy) is 1. The van der Waals surface area contributed by atoms with Gasteiger partial charge in [-0.15, -0.1) is 0 Å². The molecule has 0 heterocycles. The van der Waals surface area contributed by atoms with Crippen LogP contribution in [-0.2, 0) is 11.3 Å². The van der Waals surface area contributed by atoms with Crippen molar-refractivity contribution in [3.05, 3.63) is 77.9 Å². The maximum Gasteiger partial charge on any atom is 0.338 e. The molecule has 3 heteroatoms. The molecule has 0 atom stereocenters. The third-order valence-electron chi connectivity index (χ3n) is 3.32. The lowest BCUT2D eigenvalue weighted by atomic mass is 10.1. The SMILES string of the molecule is O=C(OCc1cc2ccccc2cc1O)c1ccccc1. The number of esters is 1. The largest absolute Gasteiger partial charge is 0.508 e. The molecule has 1 N–H and O–H groups in total. The second kappa shape index (κ2) is 5.67. The smallest absolute Gasteiger partial charge is 0.338 e. The number of benzene rings is 3. The Labute approximate surface area is 122 Å². The highest BCUT2D eigenvalue weighted by Gasteiger charge is 2.09. The predicted octanol–water partition coefficient (Wildman–Crippen LogP) is 3.90. The molecule has 21 heavy (non-hydrogen) atoms. The fraction of sp³-hybridized carbons (Fsp3) is 0.0556. The second-order valence-corrected chi connectivity index (χ2v) is 4.77. The van der Waals surface area contributed by atoms with E-state index in [0.717, 1.165) is 10.8 Å². The van der Waals surface area contributed by atoms with Crippen LogP contribution in [0.3, 0.4) is 0 Å². The number of carbonyl (C=O) groups is 1. The van der Waals surface area contributed by atoms with Crippen LogP contribution in [0.1, 0.15) is 15.9 Å². The van der Waals surface area contributed by atoms with Gasteiger partial charge in [-0.1, -0.05) is 42.5 Å². The van der Waals surface area contributed by atoms with E-state index in [0.29, 0.717) is 11.1 Å². The Bertz CT molecular complexity index is 779. The molecule has 0 unspecified atom stereocenters. The van der Waals surface area contributed by atoms with Crippen LogP contribution < -0.4 is 0 Å². The van der Waals surface area contributed by atoms with Gasteiger partial charge in [0, 0.05) is 5.56 Å². The van der Waals surface area contributed by atoms with Gasteiger partial charge in [0.15, 0.2) is 0 Å². The number of carbonyl (C=O) groups excluding carboxylic acids is 1. The summed E-state index contributed by atoms with van der Waals surface area (Å²) < 4.78 is 5.24. The molecule has 0 spiro atoms. The highest BCUT2D eigenvalue weighted by Crippen LogP contribution is 2.25. The molecule has 0 aliphatic carbocycles. The van der Waals surface area contributed by atoms with Crippen molar-refractivity contribution >= 4 is 16.7 Å². The van der Waals surface area contributed by atoms with Gasteiger partial charge >= 0.3 is 5.97 Å². The zero-order chi connectivity index (χ0) is 14.7. The molecule has 3 nitrogen and oxygen atoms in total. The minimum absolute atomic E-state index is 0.0460. The number of hydrogen-bond acceptors (Lipinski definition) is 3. The molecular weight excluding hydrogens is 264 g/mol. The van der Waals surface area contributed by atoms with Gasteiger partial charge in [0.05, 0.1) is 5.56 Å². The van der Waals surface area contributed by atoms with Crippen molar-refractivity contribution in [3.8, 4) is 5.75 Å². The summed E-state index contributed by atoms with van der Waals surface area (Å²) in [4.78, 5) is 11.9. The first-order valence-corrected chi connectivity index (χ1v) is 6.67. The fourth-order valence-electron chi connectivity index (χ4n) is 2.19. The Morgan fingerprint density at radius 3 is 2.24 bits per heavy atom. The van der Waals surface area contributed by atoms with Crippen molar-refractivity contribution < 1.29 is 14.6 Å². The molecule has 0 aromatic heterocycles. The van der Waals surface area contributed by atoms with Gasteiger partial charge in [-0.05, 0) is 35.0 Å². The van der Waals surface area contributed by atoms with Crippen molar-refractivity contribution in [1.82, 2.24) is 0 Å². The van der Waals surface area contributed by atoms with E-state index < -0.39 is 5.97 Å². The van der Waals surface area contributed by atoms with Gasteiger partial charge in [0.1, 0.15) is 12.4 Å². The summed E-state index contributed by atoms with van der Waals surface area (Å²) in [5.41, 5.74) is 1.09. The second-order valence-electron chi connectivity index (χ2n) is 4.77. The number of phenols is 1. The maximum atomic E-state index is 11.9. The van der Waals surface area contributed by atoms with Gasteiger partial charge in [-0.25, -0.2) is 4.79 Å². The highest BCUT2D eigenvalue weighted by atomic mass is 16.5. The van der Waals surface area contributed by atoms with Gasteiger partial charge in [-0.2, -0.15) is 0 Å². The first-order valence-electron chi connectivity index (χ1n) is 6.67. The molecular formula is C18H14O3. The zero-order valence-electron chi connectivity index (χ0n) is 11.3. The minimum atomic E-state index is -0.400. The molecule has 3 aromatic rings. The van der Waals surface area contributed by atoms with Crippen LogP contribution in [0.2, 0.25) is 0 Å². The summed E-state index contributed by atoms with van der Waals surface area (Å²) in [6, 6.07) is 20.0. The summed E-state index contributed by atoms with van der Waals surface area (Å²) in [5.74, 6) is -0.266. The van der Waals surface area contributed by atoms with E-state index in [1.54, 1.807) is 30.3 Å². The summed E-state index contributed by atoms with van der Waals surface area (Å²) in [7, 11) is 0. The normalized spacial score (nSPS) is 10.5. The van der Waals surface area contributed by atoms with Crippen molar-refractivity contribution in [3.63, 3.8) is 0 Å². The van der Waals surface area contributed by atoms with Crippen molar-refractivity contribution in [2.24, 2.45) is 0 Å². The Morgan fingerprint density at radius 1 is 0.905 bits per heavy atom. The Kier molecular flexibility index (Phi) is 3.56. The number of rotatable bonds is 3. The van der Waals surface area contributed by atoms with E-state index in [1.165, 1.54) is 0 Å². The highest BCUT2D eigenvalue weighted by molar-refractivity contribution is 5.89. The predicted molar refractivity (Wildman–Crippen MR) is 81.2 cm³/mol. The Morgan fingerprint density at radius 2 is 1.52 bits per heavy atom. The molecule has 3 aromatic carbocycles. The van der Waals surface area contributed by atoms with Gasteiger partial charge in [-0.3, -0.25) is 0 Å². The zero-order valence-corrected chi connectivity index (χ0v) is 11.3. The first-order chi connectivity index (χ1) is 10.2. The molecule has 0 fully saturated rings. The van der Waals surface area contributed by atoms with Gasteiger partial charge in [0.25, 0.3) is 0 Å². The standard InChI is InChI=1S/C18H14O3/c19-17-11-15-9-5-4-8-14(15)10-16(17)12-21-18(20)13-6-2-1-3-7-13/h1-11,19H,12H2. The summed E-state index contributed by atoms with van der Waals surface area (Å²) in [6.45, 7) is 0.0460. The number of aromatic hydroxyl groups is 1. The maximum absolute atomic E-state index is 11.9. The van der Waals surface area contributed by atoms with Crippen molar-refractivity contribution in [1.29, 1.82) is 0 Å². The van der Waals surface area contributed by atoms with Crippen molar-refractivity contribution in [2.75, 3.05) is 0 Å². The summed E-state index contributed by atoms with van der Waals surface area (Å²) in [6.07, 6.45) is 0. The van der Waals surface area contributed by atoms with Gasteiger partial charge < -0.3 is 9.84 Å². The molecule has 0 saturated carbocycles. The molecule has 0 aliphatic rings. The molecule has 0 saturated heterocycles. The van der Waals surface area contributed by atoms with E-state index >= 15 is 0 Å². The molecule has 0 bridgehead atoms. The summed E-state index contributed by atoms with van der Waals surface area (Å²) >= 11 is 0. The molecule has 3 rings (SSSR count). The first kappa shape index (κ1) is 13.2. The Hall–Kier alpha value is -2.81.